The maximum Gasteiger partial charge on any atom is 0.269 e. The fraction of sp³-hybridized carbons (Fsp3) is 0.0625. The number of methoxy groups -OCH3 is 1. The van der Waals surface area contributed by atoms with Gasteiger partial charge in [0.25, 0.3) is 5.91 Å². The van der Waals surface area contributed by atoms with Crippen molar-refractivity contribution in [1.82, 2.24) is 9.59 Å². The number of carbonyl (C=O) groups excluding carboxylic acids is 1. The number of hydrogen-bond acceptors (Lipinski definition) is 5. The van der Waals surface area contributed by atoms with Gasteiger partial charge in [-0.2, -0.15) is 0 Å². The van der Waals surface area contributed by atoms with Crippen LogP contribution in [0.25, 0.3) is 11.3 Å². The second-order valence-corrected chi connectivity index (χ2v) is 5.95. The van der Waals surface area contributed by atoms with E-state index in [1.54, 1.807) is 30.3 Å². The number of halogens is 2. The Bertz CT molecular complexity index is 883. The average Bonchev–Trinajstić information content (AvgIpc) is 3.05. The molecule has 5 nitrogen and oxygen atoms in total. The standard InChI is InChI=1S/C16H11ClFN3O2S/c1-23-13-7-4-10(17)8-12(13)19-16(22)15-14(20-21-24-15)9-2-5-11(18)6-3-9/h2-8H,1H3,(H,19,22). The lowest BCUT2D eigenvalue weighted by Crippen LogP contribution is -2.12. The van der Waals surface area contributed by atoms with Crippen LogP contribution in [-0.2, 0) is 0 Å². The first kappa shape index (κ1) is 16.4. The lowest BCUT2D eigenvalue weighted by Gasteiger charge is -2.10. The molecular weight excluding hydrogens is 353 g/mol. The highest BCUT2D eigenvalue weighted by molar-refractivity contribution is 7.08. The van der Waals surface area contributed by atoms with Gasteiger partial charge in [-0.05, 0) is 54.0 Å². The molecule has 0 radical (unpaired) electrons. The summed E-state index contributed by atoms with van der Waals surface area (Å²) in [6.07, 6.45) is 0. The molecule has 2 aromatic carbocycles. The van der Waals surface area contributed by atoms with E-state index in [1.165, 1.54) is 19.2 Å². The SMILES string of the molecule is COc1ccc(Cl)cc1NC(=O)c1snnc1-c1ccc(F)cc1. The molecule has 1 aromatic heterocycles. The molecule has 0 atom stereocenters. The predicted molar refractivity (Wildman–Crippen MR) is 91.3 cm³/mol. The van der Waals surface area contributed by atoms with Crippen molar-refractivity contribution < 1.29 is 13.9 Å². The largest absolute Gasteiger partial charge is 0.495 e. The van der Waals surface area contributed by atoms with Gasteiger partial charge >= 0.3 is 0 Å². The van der Waals surface area contributed by atoms with Gasteiger partial charge in [0, 0.05) is 10.6 Å². The first-order chi connectivity index (χ1) is 11.6. The van der Waals surface area contributed by atoms with Crippen LogP contribution in [0.3, 0.4) is 0 Å². The molecule has 24 heavy (non-hydrogen) atoms. The maximum atomic E-state index is 13.1. The molecule has 8 heteroatoms. The number of rotatable bonds is 4. The lowest BCUT2D eigenvalue weighted by atomic mass is 10.1. The van der Waals surface area contributed by atoms with Crippen molar-refractivity contribution in [1.29, 1.82) is 0 Å². The highest BCUT2D eigenvalue weighted by Gasteiger charge is 2.19. The third kappa shape index (κ3) is 3.37. The molecule has 0 bridgehead atoms. The fourth-order valence-corrected chi connectivity index (χ4v) is 2.85. The molecule has 1 N–H and O–H groups in total. The number of ether oxygens (including phenoxy) is 1. The van der Waals surface area contributed by atoms with Crippen LogP contribution < -0.4 is 10.1 Å². The van der Waals surface area contributed by atoms with E-state index >= 15 is 0 Å². The van der Waals surface area contributed by atoms with E-state index < -0.39 is 5.91 Å². The Hall–Kier alpha value is -2.51. The first-order valence-corrected chi connectivity index (χ1v) is 7.97. The van der Waals surface area contributed by atoms with Crippen molar-refractivity contribution in [2.24, 2.45) is 0 Å². The quantitative estimate of drug-likeness (QED) is 0.752. The van der Waals surface area contributed by atoms with Crippen molar-refractivity contribution in [3.05, 3.63) is 58.2 Å². The van der Waals surface area contributed by atoms with Crippen LogP contribution in [0.15, 0.2) is 42.5 Å². The molecule has 1 amide bonds. The van der Waals surface area contributed by atoms with Crippen molar-refractivity contribution in [2.45, 2.75) is 0 Å². The van der Waals surface area contributed by atoms with Gasteiger partial charge in [-0.3, -0.25) is 4.79 Å². The van der Waals surface area contributed by atoms with Gasteiger partial charge in [-0.1, -0.05) is 16.1 Å². The number of nitrogens with zero attached hydrogens (tertiary/aromatic N) is 2. The number of carbonyl (C=O) groups is 1. The average molecular weight is 364 g/mol. The molecule has 0 aliphatic carbocycles. The molecule has 0 unspecified atom stereocenters. The molecule has 0 saturated carbocycles. The van der Waals surface area contributed by atoms with E-state index in [4.69, 9.17) is 16.3 Å². The van der Waals surface area contributed by atoms with Crippen LogP contribution in [0.4, 0.5) is 10.1 Å². The van der Waals surface area contributed by atoms with Crippen molar-refractivity contribution in [3.63, 3.8) is 0 Å². The minimum Gasteiger partial charge on any atom is -0.495 e. The van der Waals surface area contributed by atoms with Crippen LogP contribution in [0.2, 0.25) is 5.02 Å². The van der Waals surface area contributed by atoms with Gasteiger partial charge < -0.3 is 10.1 Å². The second kappa shape index (κ2) is 6.94. The summed E-state index contributed by atoms with van der Waals surface area (Å²) < 4.78 is 22.1. The third-order valence-corrected chi connectivity index (χ3v) is 4.18. The van der Waals surface area contributed by atoms with Crippen molar-refractivity contribution in [3.8, 4) is 17.0 Å². The van der Waals surface area contributed by atoms with E-state index in [0.29, 0.717) is 32.6 Å². The van der Waals surface area contributed by atoms with Crippen LogP contribution in [0.1, 0.15) is 9.67 Å². The smallest absolute Gasteiger partial charge is 0.269 e. The number of anilines is 1. The summed E-state index contributed by atoms with van der Waals surface area (Å²) in [5.74, 6) is -0.282. The summed E-state index contributed by atoms with van der Waals surface area (Å²) >= 11 is 6.91. The Labute approximate surface area is 146 Å². The zero-order valence-corrected chi connectivity index (χ0v) is 14.0. The molecule has 0 aliphatic heterocycles. The summed E-state index contributed by atoms with van der Waals surface area (Å²) in [7, 11) is 1.50. The summed E-state index contributed by atoms with van der Waals surface area (Å²) in [4.78, 5) is 12.9. The number of benzene rings is 2. The summed E-state index contributed by atoms with van der Waals surface area (Å²) in [6, 6.07) is 10.6. The summed E-state index contributed by atoms with van der Waals surface area (Å²) in [5, 5.41) is 7.17. The van der Waals surface area contributed by atoms with Gasteiger partial charge in [0.15, 0.2) is 0 Å². The maximum absolute atomic E-state index is 13.1. The van der Waals surface area contributed by atoms with Crippen LogP contribution >= 0.6 is 23.1 Å². The molecular formula is C16H11ClFN3O2S. The predicted octanol–water partition coefficient (Wildman–Crippen LogP) is 4.26. The number of nitrogens with one attached hydrogen (secondary N) is 1. The van der Waals surface area contributed by atoms with Crippen molar-refractivity contribution >= 4 is 34.7 Å². The Morgan fingerprint density at radius 2 is 2.00 bits per heavy atom. The molecule has 0 fully saturated rings. The molecule has 0 aliphatic rings. The molecule has 0 spiro atoms. The van der Waals surface area contributed by atoms with Crippen molar-refractivity contribution in [2.75, 3.05) is 12.4 Å². The minimum absolute atomic E-state index is 0.309. The van der Waals surface area contributed by atoms with E-state index in [-0.39, 0.29) is 5.82 Å². The van der Waals surface area contributed by atoms with Gasteiger partial charge in [0.05, 0.1) is 12.8 Å². The Balaban J connectivity index is 1.91. The normalized spacial score (nSPS) is 10.5. The van der Waals surface area contributed by atoms with Crippen LogP contribution in [0, 0.1) is 5.82 Å². The van der Waals surface area contributed by atoms with E-state index in [9.17, 15) is 9.18 Å². The zero-order chi connectivity index (χ0) is 17.1. The highest BCUT2D eigenvalue weighted by Crippen LogP contribution is 2.30. The molecule has 3 rings (SSSR count). The molecule has 122 valence electrons. The first-order valence-electron chi connectivity index (χ1n) is 6.81. The monoisotopic (exact) mass is 363 g/mol. The van der Waals surface area contributed by atoms with Crippen LogP contribution in [0.5, 0.6) is 5.75 Å². The summed E-state index contributed by atoms with van der Waals surface area (Å²) in [5.41, 5.74) is 1.43. The Morgan fingerprint density at radius 3 is 2.71 bits per heavy atom. The highest BCUT2D eigenvalue weighted by atomic mass is 35.5. The minimum atomic E-state index is -0.398. The number of aromatic nitrogens is 2. The second-order valence-electron chi connectivity index (χ2n) is 4.76. The third-order valence-electron chi connectivity index (χ3n) is 3.22. The topological polar surface area (TPSA) is 64.1 Å². The lowest BCUT2D eigenvalue weighted by molar-refractivity contribution is 0.103. The molecule has 0 saturated heterocycles. The fourth-order valence-electron chi connectivity index (χ4n) is 2.09. The van der Waals surface area contributed by atoms with E-state index in [0.717, 1.165) is 11.5 Å². The van der Waals surface area contributed by atoms with Crippen LogP contribution in [-0.4, -0.2) is 22.6 Å². The Morgan fingerprint density at radius 1 is 1.25 bits per heavy atom. The number of amides is 1. The molecule has 3 aromatic rings. The van der Waals surface area contributed by atoms with Gasteiger partial charge in [-0.15, -0.1) is 5.10 Å². The summed E-state index contributed by atoms with van der Waals surface area (Å²) in [6.45, 7) is 0. The van der Waals surface area contributed by atoms with Gasteiger partial charge in [-0.25, -0.2) is 4.39 Å². The van der Waals surface area contributed by atoms with E-state index in [2.05, 4.69) is 14.9 Å². The molecule has 1 heterocycles. The zero-order valence-electron chi connectivity index (χ0n) is 12.4. The van der Waals surface area contributed by atoms with Gasteiger partial charge in [0.2, 0.25) is 0 Å². The van der Waals surface area contributed by atoms with Gasteiger partial charge in [0.1, 0.15) is 22.1 Å². The number of hydrogen-bond donors (Lipinski definition) is 1. The Kier molecular flexibility index (Phi) is 4.73. The van der Waals surface area contributed by atoms with E-state index in [1.807, 2.05) is 0 Å².